The summed E-state index contributed by atoms with van der Waals surface area (Å²) in [5.41, 5.74) is -0.644. The standard InChI is InChI=1S/C8H17NO3S/c1-4-13(11,12)9-6-5-7(10)8(9,2)3/h7,10H,4-6H2,1-3H3. The van der Waals surface area contributed by atoms with E-state index in [0.29, 0.717) is 13.0 Å². The summed E-state index contributed by atoms with van der Waals surface area (Å²) in [6, 6.07) is 0. The van der Waals surface area contributed by atoms with E-state index in [1.807, 2.05) is 0 Å². The third-order valence-electron chi connectivity index (χ3n) is 2.76. The summed E-state index contributed by atoms with van der Waals surface area (Å²) in [5.74, 6) is 0.100. The monoisotopic (exact) mass is 207 g/mol. The number of rotatable bonds is 2. The average Bonchev–Trinajstić information content (AvgIpc) is 2.28. The van der Waals surface area contributed by atoms with Gasteiger partial charge in [0.2, 0.25) is 10.0 Å². The molecule has 1 saturated heterocycles. The molecular weight excluding hydrogens is 190 g/mol. The van der Waals surface area contributed by atoms with Crippen molar-refractivity contribution in [1.82, 2.24) is 4.31 Å². The quantitative estimate of drug-likeness (QED) is 0.703. The van der Waals surface area contributed by atoms with Crippen LogP contribution in [0.15, 0.2) is 0 Å². The van der Waals surface area contributed by atoms with Gasteiger partial charge in [-0.05, 0) is 27.2 Å². The molecule has 0 radical (unpaired) electrons. The minimum absolute atomic E-state index is 0.100. The van der Waals surface area contributed by atoms with Crippen LogP contribution in [0.4, 0.5) is 0 Å². The first kappa shape index (κ1) is 10.9. The fourth-order valence-electron chi connectivity index (χ4n) is 1.70. The molecule has 1 aliphatic rings. The van der Waals surface area contributed by atoms with Crippen LogP contribution in [-0.2, 0) is 10.0 Å². The second-order valence-corrected chi connectivity index (χ2v) is 6.11. The van der Waals surface area contributed by atoms with E-state index in [-0.39, 0.29) is 5.75 Å². The molecule has 1 N–H and O–H groups in total. The Bertz CT molecular complexity index is 284. The van der Waals surface area contributed by atoms with Gasteiger partial charge in [0.05, 0.1) is 17.4 Å². The highest BCUT2D eigenvalue weighted by Gasteiger charge is 2.45. The molecule has 1 unspecified atom stereocenters. The van der Waals surface area contributed by atoms with Gasteiger partial charge >= 0.3 is 0 Å². The van der Waals surface area contributed by atoms with Gasteiger partial charge in [0.15, 0.2) is 0 Å². The molecule has 0 bridgehead atoms. The molecule has 0 spiro atoms. The fraction of sp³-hybridized carbons (Fsp3) is 1.00. The molecule has 4 nitrogen and oxygen atoms in total. The highest BCUT2D eigenvalue weighted by molar-refractivity contribution is 7.89. The second-order valence-electron chi connectivity index (χ2n) is 3.93. The number of hydrogen-bond donors (Lipinski definition) is 1. The lowest BCUT2D eigenvalue weighted by atomic mass is 10.0. The highest BCUT2D eigenvalue weighted by atomic mass is 32.2. The summed E-state index contributed by atoms with van der Waals surface area (Å²) in [4.78, 5) is 0. The summed E-state index contributed by atoms with van der Waals surface area (Å²) in [6.07, 6.45) is -0.0134. The molecule has 78 valence electrons. The summed E-state index contributed by atoms with van der Waals surface area (Å²) < 4.78 is 24.6. The van der Waals surface area contributed by atoms with Crippen molar-refractivity contribution in [2.24, 2.45) is 0 Å². The highest BCUT2D eigenvalue weighted by Crippen LogP contribution is 2.31. The van der Waals surface area contributed by atoms with E-state index in [1.165, 1.54) is 4.31 Å². The zero-order valence-electron chi connectivity index (χ0n) is 8.32. The van der Waals surface area contributed by atoms with Crippen LogP contribution in [0.25, 0.3) is 0 Å². The molecule has 1 aliphatic heterocycles. The van der Waals surface area contributed by atoms with E-state index < -0.39 is 21.7 Å². The molecule has 0 saturated carbocycles. The summed E-state index contributed by atoms with van der Waals surface area (Å²) in [7, 11) is -3.17. The van der Waals surface area contributed by atoms with E-state index in [9.17, 15) is 13.5 Å². The van der Waals surface area contributed by atoms with Crippen molar-refractivity contribution in [1.29, 1.82) is 0 Å². The van der Waals surface area contributed by atoms with Crippen LogP contribution < -0.4 is 0 Å². The Morgan fingerprint density at radius 2 is 2.08 bits per heavy atom. The van der Waals surface area contributed by atoms with Crippen molar-refractivity contribution in [3.63, 3.8) is 0 Å². The van der Waals surface area contributed by atoms with Gasteiger partial charge in [-0.1, -0.05) is 0 Å². The summed E-state index contributed by atoms with van der Waals surface area (Å²) >= 11 is 0. The zero-order valence-corrected chi connectivity index (χ0v) is 9.13. The Balaban J connectivity index is 2.97. The molecule has 0 amide bonds. The molecule has 1 rings (SSSR count). The lowest BCUT2D eigenvalue weighted by Crippen LogP contribution is -2.48. The Morgan fingerprint density at radius 3 is 2.38 bits per heavy atom. The third-order valence-corrected chi connectivity index (χ3v) is 4.82. The topological polar surface area (TPSA) is 57.6 Å². The van der Waals surface area contributed by atoms with E-state index in [0.717, 1.165) is 0 Å². The number of hydrogen-bond acceptors (Lipinski definition) is 3. The van der Waals surface area contributed by atoms with Gasteiger partial charge in [0.25, 0.3) is 0 Å². The van der Waals surface area contributed by atoms with Gasteiger partial charge in [-0.3, -0.25) is 0 Å². The van der Waals surface area contributed by atoms with Gasteiger partial charge in [-0.2, -0.15) is 4.31 Å². The van der Waals surface area contributed by atoms with Crippen molar-refractivity contribution in [2.45, 2.75) is 38.8 Å². The van der Waals surface area contributed by atoms with Crippen LogP contribution in [0.2, 0.25) is 0 Å². The predicted molar refractivity (Wildman–Crippen MR) is 50.9 cm³/mol. The van der Waals surface area contributed by atoms with Crippen LogP contribution in [-0.4, -0.2) is 41.8 Å². The zero-order chi connectivity index (χ0) is 10.3. The Hall–Kier alpha value is -0.130. The molecule has 0 aromatic heterocycles. The molecule has 5 heteroatoms. The van der Waals surface area contributed by atoms with Crippen molar-refractivity contribution in [3.05, 3.63) is 0 Å². The maximum Gasteiger partial charge on any atom is 0.214 e. The Labute approximate surface area is 79.6 Å². The molecule has 13 heavy (non-hydrogen) atoms. The van der Waals surface area contributed by atoms with E-state index in [4.69, 9.17) is 0 Å². The van der Waals surface area contributed by atoms with Crippen LogP contribution >= 0.6 is 0 Å². The fourth-order valence-corrected chi connectivity index (χ4v) is 3.23. The smallest absolute Gasteiger partial charge is 0.214 e. The van der Waals surface area contributed by atoms with E-state index >= 15 is 0 Å². The maximum atomic E-state index is 11.6. The third kappa shape index (κ3) is 1.73. The SMILES string of the molecule is CCS(=O)(=O)N1CCC(O)C1(C)C. The van der Waals surface area contributed by atoms with Crippen LogP contribution in [0.1, 0.15) is 27.2 Å². The molecule has 0 aromatic rings. The lowest BCUT2D eigenvalue weighted by molar-refractivity contribution is 0.0902. The molecular formula is C8H17NO3S. The normalized spacial score (nSPS) is 29.4. The van der Waals surface area contributed by atoms with Crippen molar-refractivity contribution in [2.75, 3.05) is 12.3 Å². The first-order chi connectivity index (χ1) is 5.82. The Kier molecular flexibility index (Phi) is 2.71. The van der Waals surface area contributed by atoms with Gasteiger partial charge in [0, 0.05) is 6.54 Å². The molecule has 1 heterocycles. The van der Waals surface area contributed by atoms with Gasteiger partial charge in [0.1, 0.15) is 0 Å². The second kappa shape index (κ2) is 3.22. The molecule has 0 aliphatic carbocycles. The predicted octanol–water partition coefficient (Wildman–Crippen LogP) is 0.181. The van der Waals surface area contributed by atoms with E-state index in [1.54, 1.807) is 20.8 Å². The minimum atomic E-state index is -3.17. The number of aliphatic hydroxyl groups is 1. The summed E-state index contributed by atoms with van der Waals surface area (Å²) in [5, 5.41) is 9.58. The van der Waals surface area contributed by atoms with Gasteiger partial charge in [-0.15, -0.1) is 0 Å². The maximum absolute atomic E-state index is 11.6. The van der Waals surface area contributed by atoms with Crippen LogP contribution in [0.5, 0.6) is 0 Å². The number of aliphatic hydroxyl groups excluding tert-OH is 1. The van der Waals surface area contributed by atoms with Gasteiger partial charge < -0.3 is 5.11 Å². The van der Waals surface area contributed by atoms with Crippen molar-refractivity contribution < 1.29 is 13.5 Å². The lowest BCUT2D eigenvalue weighted by Gasteiger charge is -2.32. The summed E-state index contributed by atoms with van der Waals surface area (Å²) in [6.45, 7) is 5.58. The van der Waals surface area contributed by atoms with Crippen LogP contribution in [0, 0.1) is 0 Å². The first-order valence-corrected chi connectivity index (χ1v) is 6.12. The largest absolute Gasteiger partial charge is 0.391 e. The van der Waals surface area contributed by atoms with Crippen molar-refractivity contribution in [3.8, 4) is 0 Å². The number of sulfonamides is 1. The van der Waals surface area contributed by atoms with Crippen LogP contribution in [0.3, 0.4) is 0 Å². The van der Waals surface area contributed by atoms with Crippen molar-refractivity contribution >= 4 is 10.0 Å². The van der Waals surface area contributed by atoms with E-state index in [2.05, 4.69) is 0 Å². The molecule has 0 aromatic carbocycles. The number of nitrogens with zero attached hydrogens (tertiary/aromatic N) is 1. The van der Waals surface area contributed by atoms with Gasteiger partial charge in [-0.25, -0.2) is 8.42 Å². The first-order valence-electron chi connectivity index (χ1n) is 4.51. The average molecular weight is 207 g/mol. The molecule has 1 fully saturated rings. The molecule has 1 atom stereocenters. The Morgan fingerprint density at radius 1 is 1.54 bits per heavy atom. The minimum Gasteiger partial charge on any atom is -0.391 e.